The molecule has 0 bridgehead atoms. The first-order chi connectivity index (χ1) is 8.58. The van der Waals surface area contributed by atoms with E-state index in [1.165, 1.54) is 6.07 Å². The van der Waals surface area contributed by atoms with Gasteiger partial charge in [0.05, 0.1) is 5.02 Å². The van der Waals surface area contributed by atoms with Gasteiger partial charge in [0.25, 0.3) is 0 Å². The van der Waals surface area contributed by atoms with Gasteiger partial charge in [-0.3, -0.25) is 0 Å². The summed E-state index contributed by atoms with van der Waals surface area (Å²) in [5, 5.41) is 10.6. The molecule has 0 heterocycles. The maximum absolute atomic E-state index is 9.87. The first-order valence-electron chi connectivity index (χ1n) is 5.55. The highest BCUT2D eigenvalue weighted by Crippen LogP contribution is 2.33. The van der Waals surface area contributed by atoms with Crippen LogP contribution in [0.5, 0.6) is 5.75 Å². The van der Waals surface area contributed by atoms with Crippen LogP contribution in [0.15, 0.2) is 42.5 Å². The van der Waals surface area contributed by atoms with E-state index in [4.69, 9.17) is 28.9 Å². The predicted molar refractivity (Wildman–Crippen MR) is 75.2 cm³/mol. The average Bonchev–Trinajstić information content (AvgIpc) is 2.36. The second-order valence-electron chi connectivity index (χ2n) is 4.12. The number of phenolic OH excluding ortho intramolecular Hbond substituents is 1. The molecule has 0 radical (unpaired) electrons. The third-order valence-electron chi connectivity index (χ3n) is 2.77. The molecule has 0 aliphatic rings. The molecule has 1 atom stereocenters. The van der Waals surface area contributed by atoms with Gasteiger partial charge in [0.1, 0.15) is 5.75 Å². The molecular formula is C14H13Cl2NO. The monoisotopic (exact) mass is 281 g/mol. The van der Waals surface area contributed by atoms with Crippen molar-refractivity contribution >= 4 is 23.2 Å². The Morgan fingerprint density at radius 3 is 2.44 bits per heavy atom. The van der Waals surface area contributed by atoms with Gasteiger partial charge in [0.2, 0.25) is 0 Å². The summed E-state index contributed by atoms with van der Waals surface area (Å²) in [4.78, 5) is 0. The van der Waals surface area contributed by atoms with Gasteiger partial charge >= 0.3 is 0 Å². The zero-order valence-corrected chi connectivity index (χ0v) is 11.1. The number of rotatable bonds is 3. The Balaban J connectivity index is 2.24. The third-order valence-corrected chi connectivity index (χ3v) is 3.28. The van der Waals surface area contributed by atoms with Crippen molar-refractivity contribution in [2.45, 2.75) is 12.5 Å². The van der Waals surface area contributed by atoms with E-state index >= 15 is 0 Å². The lowest BCUT2D eigenvalue weighted by Crippen LogP contribution is -2.13. The molecule has 0 amide bonds. The Hall–Kier alpha value is -1.22. The topological polar surface area (TPSA) is 46.2 Å². The van der Waals surface area contributed by atoms with Crippen molar-refractivity contribution in [2.75, 3.05) is 0 Å². The molecule has 0 saturated carbocycles. The van der Waals surface area contributed by atoms with E-state index in [1.54, 1.807) is 6.07 Å². The Morgan fingerprint density at radius 1 is 1.11 bits per heavy atom. The van der Waals surface area contributed by atoms with E-state index in [0.717, 1.165) is 5.56 Å². The van der Waals surface area contributed by atoms with Crippen molar-refractivity contribution in [3.05, 3.63) is 63.6 Å². The summed E-state index contributed by atoms with van der Waals surface area (Å²) in [7, 11) is 0. The fraction of sp³-hybridized carbons (Fsp3) is 0.143. The second kappa shape index (κ2) is 5.61. The fourth-order valence-corrected chi connectivity index (χ4v) is 2.37. The molecule has 0 aromatic heterocycles. The van der Waals surface area contributed by atoms with Gasteiger partial charge in [0, 0.05) is 11.1 Å². The number of nitrogens with two attached hydrogens (primary N) is 1. The van der Waals surface area contributed by atoms with Crippen LogP contribution in [0.1, 0.15) is 17.2 Å². The smallest absolute Gasteiger partial charge is 0.137 e. The van der Waals surface area contributed by atoms with Gasteiger partial charge in [-0.15, -0.1) is 0 Å². The zero-order chi connectivity index (χ0) is 13.1. The van der Waals surface area contributed by atoms with Crippen LogP contribution < -0.4 is 5.73 Å². The molecule has 0 aliphatic carbocycles. The molecule has 3 N–H and O–H groups in total. The third kappa shape index (κ3) is 2.96. The van der Waals surface area contributed by atoms with Crippen molar-refractivity contribution in [3.63, 3.8) is 0 Å². The van der Waals surface area contributed by atoms with E-state index < -0.39 is 0 Å². The van der Waals surface area contributed by atoms with Crippen LogP contribution in [0.2, 0.25) is 10.0 Å². The van der Waals surface area contributed by atoms with Crippen LogP contribution >= 0.6 is 23.2 Å². The summed E-state index contributed by atoms with van der Waals surface area (Å²) in [5.41, 5.74) is 7.76. The van der Waals surface area contributed by atoms with Crippen molar-refractivity contribution in [1.82, 2.24) is 0 Å². The maximum Gasteiger partial charge on any atom is 0.137 e. The number of phenols is 1. The normalized spacial score (nSPS) is 12.4. The largest absolute Gasteiger partial charge is 0.506 e. The molecule has 18 heavy (non-hydrogen) atoms. The standard InChI is InChI=1S/C14H13Cl2NO/c15-11-6-10(14(18)12(16)8-11)7-13(17)9-4-2-1-3-5-9/h1-6,8,13,18H,7,17H2. The first kappa shape index (κ1) is 13.2. The molecule has 0 spiro atoms. The van der Waals surface area contributed by atoms with Crippen molar-refractivity contribution in [1.29, 1.82) is 0 Å². The lowest BCUT2D eigenvalue weighted by atomic mass is 9.99. The van der Waals surface area contributed by atoms with E-state index in [1.807, 2.05) is 30.3 Å². The number of benzene rings is 2. The Bertz CT molecular complexity index is 543. The summed E-state index contributed by atoms with van der Waals surface area (Å²) in [6.45, 7) is 0. The van der Waals surface area contributed by atoms with Crippen LogP contribution in [0.3, 0.4) is 0 Å². The van der Waals surface area contributed by atoms with Gasteiger partial charge in [-0.05, 0) is 29.7 Å². The minimum absolute atomic E-state index is 0.0486. The lowest BCUT2D eigenvalue weighted by Gasteiger charge is -2.14. The Morgan fingerprint density at radius 2 is 1.78 bits per heavy atom. The number of halogens is 2. The minimum atomic E-state index is -0.202. The minimum Gasteiger partial charge on any atom is -0.506 e. The van der Waals surface area contributed by atoms with Crippen LogP contribution in [-0.4, -0.2) is 5.11 Å². The summed E-state index contributed by atoms with van der Waals surface area (Å²) in [6.07, 6.45) is 0.482. The Labute approximate surface area is 116 Å². The van der Waals surface area contributed by atoms with Gasteiger partial charge in [-0.1, -0.05) is 53.5 Å². The van der Waals surface area contributed by atoms with E-state index in [2.05, 4.69) is 0 Å². The number of aromatic hydroxyl groups is 1. The molecular weight excluding hydrogens is 269 g/mol. The van der Waals surface area contributed by atoms with Crippen LogP contribution in [0.4, 0.5) is 0 Å². The van der Waals surface area contributed by atoms with E-state index in [-0.39, 0.29) is 16.8 Å². The van der Waals surface area contributed by atoms with Crippen LogP contribution in [-0.2, 0) is 6.42 Å². The average molecular weight is 282 g/mol. The van der Waals surface area contributed by atoms with Gasteiger partial charge in [-0.2, -0.15) is 0 Å². The molecule has 2 aromatic rings. The highest BCUT2D eigenvalue weighted by molar-refractivity contribution is 6.35. The quantitative estimate of drug-likeness (QED) is 0.895. The van der Waals surface area contributed by atoms with Crippen LogP contribution in [0.25, 0.3) is 0 Å². The molecule has 0 aliphatic heterocycles. The molecule has 2 rings (SSSR count). The molecule has 1 unspecified atom stereocenters. The van der Waals surface area contributed by atoms with Crippen molar-refractivity contribution in [3.8, 4) is 5.75 Å². The zero-order valence-electron chi connectivity index (χ0n) is 9.61. The highest BCUT2D eigenvalue weighted by atomic mass is 35.5. The van der Waals surface area contributed by atoms with Crippen molar-refractivity contribution < 1.29 is 5.11 Å². The summed E-state index contributed by atoms with van der Waals surface area (Å²) >= 11 is 11.8. The van der Waals surface area contributed by atoms with Crippen molar-refractivity contribution in [2.24, 2.45) is 5.73 Å². The van der Waals surface area contributed by atoms with E-state index in [9.17, 15) is 5.11 Å². The Kier molecular flexibility index (Phi) is 4.12. The van der Waals surface area contributed by atoms with E-state index in [0.29, 0.717) is 17.0 Å². The SMILES string of the molecule is NC(Cc1cc(Cl)cc(Cl)c1O)c1ccccc1. The van der Waals surface area contributed by atoms with Gasteiger partial charge < -0.3 is 10.8 Å². The van der Waals surface area contributed by atoms with Gasteiger partial charge in [-0.25, -0.2) is 0 Å². The molecule has 2 aromatic carbocycles. The first-order valence-corrected chi connectivity index (χ1v) is 6.31. The van der Waals surface area contributed by atoms with Crippen LogP contribution in [0, 0.1) is 0 Å². The predicted octanol–water partition coefficient (Wildman–Crippen LogP) is 3.94. The molecule has 0 saturated heterocycles. The molecule has 0 fully saturated rings. The molecule has 2 nitrogen and oxygen atoms in total. The summed E-state index contributed by atoms with van der Waals surface area (Å²) < 4.78 is 0. The molecule has 94 valence electrons. The highest BCUT2D eigenvalue weighted by Gasteiger charge is 2.13. The number of hydrogen-bond donors (Lipinski definition) is 2. The summed E-state index contributed by atoms with van der Waals surface area (Å²) in [6, 6.07) is 12.7. The molecule has 4 heteroatoms. The number of hydrogen-bond acceptors (Lipinski definition) is 2. The van der Waals surface area contributed by atoms with Gasteiger partial charge in [0.15, 0.2) is 0 Å². The second-order valence-corrected chi connectivity index (χ2v) is 4.96. The lowest BCUT2D eigenvalue weighted by molar-refractivity contribution is 0.465. The fourth-order valence-electron chi connectivity index (χ4n) is 1.83. The maximum atomic E-state index is 9.87. The summed E-state index contributed by atoms with van der Waals surface area (Å²) in [5.74, 6) is 0.0486.